The molecule has 20 heavy (non-hydrogen) atoms. The average Bonchev–Trinajstić information content (AvgIpc) is 3.06. The van der Waals surface area contributed by atoms with Crippen molar-refractivity contribution in [2.75, 3.05) is 26.4 Å². The summed E-state index contributed by atoms with van der Waals surface area (Å²) < 4.78 is 11.7. The molecule has 0 aliphatic carbocycles. The van der Waals surface area contributed by atoms with Crippen molar-refractivity contribution in [1.82, 2.24) is 5.32 Å². The first-order chi connectivity index (χ1) is 9.74. The highest BCUT2D eigenvalue weighted by Gasteiger charge is 2.43. The van der Waals surface area contributed by atoms with Crippen molar-refractivity contribution in [1.29, 1.82) is 0 Å². The smallest absolute Gasteiger partial charge is 0.0940 e. The predicted octanol–water partition coefficient (Wildman–Crippen LogP) is 3.29. The van der Waals surface area contributed by atoms with Gasteiger partial charge in [0.1, 0.15) is 0 Å². The van der Waals surface area contributed by atoms with Crippen LogP contribution in [0, 0.1) is 12.8 Å². The van der Waals surface area contributed by atoms with Crippen molar-refractivity contribution in [2.24, 2.45) is 5.92 Å². The van der Waals surface area contributed by atoms with E-state index in [1.54, 1.807) is 0 Å². The van der Waals surface area contributed by atoms with E-state index >= 15 is 0 Å². The number of rotatable bonds is 4. The fourth-order valence-corrected chi connectivity index (χ4v) is 4.54. The molecule has 0 radical (unpaired) electrons. The molecule has 112 valence electrons. The summed E-state index contributed by atoms with van der Waals surface area (Å²) in [7, 11) is 0. The first-order valence-corrected chi connectivity index (χ1v) is 8.66. The van der Waals surface area contributed by atoms with Crippen molar-refractivity contribution in [3.63, 3.8) is 0 Å². The molecule has 2 saturated heterocycles. The summed E-state index contributed by atoms with van der Waals surface area (Å²) in [6.45, 7) is 7.95. The van der Waals surface area contributed by atoms with Gasteiger partial charge in [0.15, 0.2) is 0 Å². The van der Waals surface area contributed by atoms with Crippen molar-refractivity contribution in [2.45, 2.75) is 44.8 Å². The number of nitrogens with one attached hydrogen (secondary N) is 1. The van der Waals surface area contributed by atoms with E-state index in [9.17, 15) is 0 Å². The molecular formula is C16H25NO2S. The third-order valence-electron chi connectivity index (χ3n) is 4.72. The fourth-order valence-electron chi connectivity index (χ4n) is 3.65. The maximum atomic E-state index is 6.08. The zero-order valence-electron chi connectivity index (χ0n) is 12.5. The molecule has 3 atom stereocenters. The summed E-state index contributed by atoms with van der Waals surface area (Å²) >= 11 is 1.81. The monoisotopic (exact) mass is 295 g/mol. The molecule has 3 heterocycles. The highest BCUT2D eigenvalue weighted by atomic mass is 32.1. The molecule has 0 bridgehead atoms. The van der Waals surface area contributed by atoms with Crippen LogP contribution in [0.3, 0.4) is 0 Å². The molecular weight excluding hydrogens is 270 g/mol. The molecule has 4 heteroatoms. The first kappa shape index (κ1) is 14.5. The van der Waals surface area contributed by atoms with E-state index < -0.39 is 0 Å². The summed E-state index contributed by atoms with van der Waals surface area (Å²) in [5.41, 5.74) is 2.91. The molecule has 3 nitrogen and oxygen atoms in total. The second-order valence-corrected chi connectivity index (χ2v) is 6.88. The van der Waals surface area contributed by atoms with Crippen LogP contribution in [0.15, 0.2) is 10.8 Å². The van der Waals surface area contributed by atoms with Gasteiger partial charge < -0.3 is 14.8 Å². The molecule has 3 unspecified atom stereocenters. The molecule has 1 N–H and O–H groups in total. The van der Waals surface area contributed by atoms with Gasteiger partial charge in [-0.3, -0.25) is 0 Å². The van der Waals surface area contributed by atoms with Crippen LogP contribution >= 0.6 is 11.3 Å². The second kappa shape index (κ2) is 6.14. The minimum atomic E-state index is 0.000510. The Morgan fingerprint density at radius 2 is 2.35 bits per heavy atom. The molecule has 2 aliphatic heterocycles. The highest BCUT2D eigenvalue weighted by Crippen LogP contribution is 2.42. The highest BCUT2D eigenvalue weighted by molar-refractivity contribution is 7.08. The van der Waals surface area contributed by atoms with E-state index in [0.29, 0.717) is 12.0 Å². The van der Waals surface area contributed by atoms with Crippen LogP contribution in [0.2, 0.25) is 0 Å². The van der Waals surface area contributed by atoms with Crippen LogP contribution in [-0.4, -0.2) is 32.0 Å². The van der Waals surface area contributed by atoms with Gasteiger partial charge in [-0.05, 0) is 54.1 Å². The Labute approximate surface area is 125 Å². The third-order valence-corrected chi connectivity index (χ3v) is 5.60. The average molecular weight is 295 g/mol. The number of ether oxygens (including phenoxy) is 2. The summed E-state index contributed by atoms with van der Waals surface area (Å²) in [5.74, 6) is 0.652. The molecule has 2 fully saturated rings. The van der Waals surface area contributed by atoms with Gasteiger partial charge >= 0.3 is 0 Å². The zero-order valence-corrected chi connectivity index (χ0v) is 13.3. The molecule has 0 aromatic carbocycles. The summed E-state index contributed by atoms with van der Waals surface area (Å²) in [6.07, 6.45) is 3.33. The van der Waals surface area contributed by atoms with E-state index in [4.69, 9.17) is 9.47 Å². The van der Waals surface area contributed by atoms with E-state index in [1.807, 2.05) is 11.3 Å². The Bertz CT molecular complexity index is 439. The van der Waals surface area contributed by atoms with Crippen LogP contribution in [0.5, 0.6) is 0 Å². The maximum absolute atomic E-state index is 6.08. The third kappa shape index (κ3) is 2.80. The van der Waals surface area contributed by atoms with Crippen molar-refractivity contribution in [3.8, 4) is 0 Å². The first-order valence-electron chi connectivity index (χ1n) is 7.72. The largest absolute Gasteiger partial charge is 0.378 e. The molecule has 0 saturated carbocycles. The van der Waals surface area contributed by atoms with Gasteiger partial charge in [-0.15, -0.1) is 0 Å². The SMILES string of the molecule is CCNC(c1cscc1C)C1CCOC2(CCOC2)C1. The van der Waals surface area contributed by atoms with Crippen molar-refractivity contribution in [3.05, 3.63) is 21.9 Å². The lowest BCUT2D eigenvalue weighted by molar-refractivity contribution is -0.103. The standard InChI is InChI=1S/C16H25NO2S/c1-3-17-15(14-10-20-9-12(14)2)13-4-6-19-16(8-13)5-7-18-11-16/h9-10,13,15,17H,3-8,11H2,1-2H3. The van der Waals surface area contributed by atoms with Gasteiger partial charge in [0.2, 0.25) is 0 Å². The van der Waals surface area contributed by atoms with E-state index in [2.05, 4.69) is 29.9 Å². The molecule has 1 aromatic heterocycles. The predicted molar refractivity (Wildman–Crippen MR) is 82.3 cm³/mol. The Hall–Kier alpha value is -0.420. The van der Waals surface area contributed by atoms with Crippen LogP contribution < -0.4 is 5.32 Å². The van der Waals surface area contributed by atoms with Gasteiger partial charge in [-0.1, -0.05) is 6.92 Å². The minimum Gasteiger partial charge on any atom is -0.378 e. The van der Waals surface area contributed by atoms with Crippen molar-refractivity contribution >= 4 is 11.3 Å². The van der Waals surface area contributed by atoms with Gasteiger partial charge in [-0.2, -0.15) is 11.3 Å². The Kier molecular flexibility index (Phi) is 4.46. The van der Waals surface area contributed by atoms with Crippen LogP contribution in [-0.2, 0) is 9.47 Å². The molecule has 1 aromatic rings. The Balaban J connectivity index is 1.79. The molecule has 2 aliphatic rings. The number of aryl methyl sites for hydroxylation is 1. The van der Waals surface area contributed by atoms with Crippen LogP contribution in [0.4, 0.5) is 0 Å². The number of thiophene rings is 1. The molecule has 3 rings (SSSR count). The van der Waals surface area contributed by atoms with Gasteiger partial charge in [-0.25, -0.2) is 0 Å². The van der Waals surface area contributed by atoms with E-state index in [0.717, 1.165) is 45.6 Å². The lowest BCUT2D eigenvalue weighted by Gasteiger charge is -2.40. The summed E-state index contributed by atoms with van der Waals surface area (Å²) in [6, 6.07) is 0.465. The van der Waals surface area contributed by atoms with E-state index in [1.165, 1.54) is 11.1 Å². The maximum Gasteiger partial charge on any atom is 0.0940 e. The quantitative estimate of drug-likeness (QED) is 0.924. The lowest BCUT2D eigenvalue weighted by Crippen LogP contribution is -2.44. The fraction of sp³-hybridized carbons (Fsp3) is 0.750. The van der Waals surface area contributed by atoms with Crippen LogP contribution in [0.1, 0.15) is 43.4 Å². The van der Waals surface area contributed by atoms with E-state index in [-0.39, 0.29) is 5.60 Å². The number of hydrogen-bond donors (Lipinski definition) is 1. The Morgan fingerprint density at radius 3 is 3.00 bits per heavy atom. The van der Waals surface area contributed by atoms with Gasteiger partial charge in [0.25, 0.3) is 0 Å². The zero-order chi connectivity index (χ0) is 14.0. The van der Waals surface area contributed by atoms with Crippen molar-refractivity contribution < 1.29 is 9.47 Å². The lowest BCUT2D eigenvalue weighted by atomic mass is 9.79. The normalized spacial score (nSPS) is 31.8. The van der Waals surface area contributed by atoms with Gasteiger partial charge in [0.05, 0.1) is 12.2 Å². The topological polar surface area (TPSA) is 30.5 Å². The molecule has 1 spiro atoms. The summed E-state index contributed by atoms with van der Waals surface area (Å²) in [4.78, 5) is 0. The Morgan fingerprint density at radius 1 is 1.45 bits per heavy atom. The molecule has 0 amide bonds. The number of hydrogen-bond acceptors (Lipinski definition) is 4. The minimum absolute atomic E-state index is 0.000510. The van der Waals surface area contributed by atoms with Gasteiger partial charge in [0, 0.05) is 25.7 Å². The summed E-state index contributed by atoms with van der Waals surface area (Å²) in [5, 5.41) is 8.29. The van der Waals surface area contributed by atoms with Crippen LogP contribution in [0.25, 0.3) is 0 Å². The second-order valence-electron chi connectivity index (χ2n) is 6.13.